The molecule has 2 N–H and O–H groups in total. The summed E-state index contributed by atoms with van der Waals surface area (Å²) in [6, 6.07) is 27.4. The first-order chi connectivity index (χ1) is 18.6. The summed E-state index contributed by atoms with van der Waals surface area (Å²) in [6.07, 6.45) is 3.99. The Kier molecular flexibility index (Phi) is 7.64. The number of para-hydroxylation sites is 1. The van der Waals surface area contributed by atoms with Crippen molar-refractivity contribution in [3.63, 3.8) is 0 Å². The van der Waals surface area contributed by atoms with E-state index in [1.165, 1.54) is 5.56 Å². The number of carbonyl (C=O) groups is 1. The van der Waals surface area contributed by atoms with Gasteiger partial charge in [0.05, 0.1) is 11.1 Å². The van der Waals surface area contributed by atoms with E-state index >= 15 is 0 Å². The number of hydrogen-bond donors (Lipinski definition) is 2. The monoisotopic (exact) mass is 508 g/mol. The lowest BCUT2D eigenvalue weighted by Crippen LogP contribution is -2.25. The minimum absolute atomic E-state index is 0.151. The number of nitrogens with one attached hydrogen (secondary N) is 2. The van der Waals surface area contributed by atoms with Crippen LogP contribution in [0, 0.1) is 11.6 Å². The van der Waals surface area contributed by atoms with Gasteiger partial charge in [-0.05, 0) is 72.4 Å². The number of fused-ring (bicyclic) bond motifs is 1. The fourth-order valence-corrected chi connectivity index (χ4v) is 4.33. The predicted molar refractivity (Wildman–Crippen MR) is 146 cm³/mol. The normalized spacial score (nSPS) is 10.9. The Morgan fingerprint density at radius 3 is 2.47 bits per heavy atom. The van der Waals surface area contributed by atoms with E-state index in [-0.39, 0.29) is 5.56 Å². The maximum Gasteiger partial charge on any atom is 0.254 e. The van der Waals surface area contributed by atoms with Crippen LogP contribution in [0.15, 0.2) is 97.3 Å². The van der Waals surface area contributed by atoms with Gasteiger partial charge in [0.15, 0.2) is 0 Å². The highest BCUT2D eigenvalue weighted by Gasteiger charge is 2.12. The van der Waals surface area contributed by atoms with Crippen molar-refractivity contribution in [3.05, 3.63) is 120 Å². The van der Waals surface area contributed by atoms with Gasteiger partial charge in [0, 0.05) is 23.7 Å². The van der Waals surface area contributed by atoms with Gasteiger partial charge in [-0.3, -0.25) is 4.79 Å². The second-order valence-corrected chi connectivity index (χ2v) is 8.98. The number of nitrogens with zero attached hydrogens (tertiary/aromatic N) is 2. The molecule has 1 amide bonds. The van der Waals surface area contributed by atoms with Crippen LogP contribution in [0.25, 0.3) is 22.0 Å². The average molecular weight is 509 g/mol. The van der Waals surface area contributed by atoms with E-state index in [0.717, 1.165) is 64.9 Å². The number of benzene rings is 4. The summed E-state index contributed by atoms with van der Waals surface area (Å²) in [5.74, 6) is -1.35. The summed E-state index contributed by atoms with van der Waals surface area (Å²) in [5, 5.41) is 7.02. The number of hydrogen-bond acceptors (Lipinski definition) is 4. The molecule has 0 aliphatic heterocycles. The zero-order valence-corrected chi connectivity index (χ0v) is 20.6. The zero-order valence-electron chi connectivity index (χ0n) is 20.6. The van der Waals surface area contributed by atoms with Crippen LogP contribution in [-0.2, 0) is 6.42 Å². The van der Waals surface area contributed by atoms with E-state index in [2.05, 4.69) is 50.9 Å². The molecule has 1 heterocycles. The molecule has 0 aliphatic carbocycles. The highest BCUT2D eigenvalue weighted by molar-refractivity contribution is 5.94. The summed E-state index contributed by atoms with van der Waals surface area (Å²) in [4.78, 5) is 21.0. The molecular formula is C31H26F2N4O. The molecule has 5 aromatic rings. The van der Waals surface area contributed by atoms with E-state index < -0.39 is 17.5 Å². The third kappa shape index (κ3) is 6.00. The lowest BCUT2D eigenvalue weighted by molar-refractivity contribution is 0.0949. The fraction of sp³-hybridized carbons (Fsp3) is 0.129. The molecule has 1 aromatic heterocycles. The molecule has 0 atom stereocenters. The molecule has 190 valence electrons. The number of aryl methyl sites for hydroxylation is 1. The topological polar surface area (TPSA) is 66.9 Å². The van der Waals surface area contributed by atoms with Crippen molar-refractivity contribution in [3.8, 4) is 11.1 Å². The molecule has 7 heteroatoms. The smallest absolute Gasteiger partial charge is 0.254 e. The maximum absolute atomic E-state index is 13.8. The molecule has 0 saturated heterocycles. The molecule has 0 fully saturated rings. The van der Waals surface area contributed by atoms with Crippen LogP contribution >= 0.6 is 0 Å². The van der Waals surface area contributed by atoms with Crippen LogP contribution in [0.2, 0.25) is 0 Å². The number of anilines is 2. The van der Waals surface area contributed by atoms with Crippen LogP contribution in [0.1, 0.15) is 28.8 Å². The highest BCUT2D eigenvalue weighted by Crippen LogP contribution is 2.29. The van der Waals surface area contributed by atoms with Gasteiger partial charge in [-0.15, -0.1) is 0 Å². The van der Waals surface area contributed by atoms with Gasteiger partial charge < -0.3 is 10.6 Å². The van der Waals surface area contributed by atoms with Gasteiger partial charge >= 0.3 is 0 Å². The number of amides is 1. The van der Waals surface area contributed by atoms with Crippen molar-refractivity contribution in [2.75, 3.05) is 11.9 Å². The second-order valence-electron chi connectivity index (χ2n) is 8.98. The number of aromatic nitrogens is 2. The summed E-state index contributed by atoms with van der Waals surface area (Å²) in [7, 11) is 0. The largest absolute Gasteiger partial charge is 0.352 e. The molecular weight excluding hydrogens is 482 g/mol. The summed E-state index contributed by atoms with van der Waals surface area (Å²) >= 11 is 0. The lowest BCUT2D eigenvalue weighted by Gasteiger charge is -2.11. The summed E-state index contributed by atoms with van der Waals surface area (Å²) < 4.78 is 26.8. The van der Waals surface area contributed by atoms with Crippen molar-refractivity contribution in [2.24, 2.45) is 0 Å². The molecule has 0 saturated carbocycles. The number of rotatable bonds is 9. The predicted octanol–water partition coefficient (Wildman–Crippen LogP) is 7.07. The second kappa shape index (κ2) is 11.6. The molecule has 0 unspecified atom stereocenters. The standard InChI is InChI=1S/C31H26F2N4O/c32-24-13-14-26(28(33)19-24)31(38)34-16-5-4-7-21-8-6-9-22(17-21)23-12-15-29-27(18-23)30(36-20-35-29)37-25-10-2-1-3-11-25/h1-3,6,8-15,17-20H,4-5,7,16H2,(H,34,38)(H,35,36,37). The van der Waals surface area contributed by atoms with E-state index in [4.69, 9.17) is 0 Å². The molecule has 0 aliphatic rings. The maximum atomic E-state index is 13.8. The average Bonchev–Trinajstić information content (AvgIpc) is 2.93. The van der Waals surface area contributed by atoms with E-state index in [1.54, 1.807) is 6.33 Å². The van der Waals surface area contributed by atoms with Gasteiger partial charge in [-0.25, -0.2) is 18.7 Å². The van der Waals surface area contributed by atoms with Gasteiger partial charge in [0.25, 0.3) is 5.91 Å². The Morgan fingerprint density at radius 2 is 1.63 bits per heavy atom. The first kappa shape index (κ1) is 25.0. The summed E-state index contributed by atoms with van der Waals surface area (Å²) in [6.45, 7) is 0.414. The molecule has 5 rings (SSSR count). The van der Waals surface area contributed by atoms with E-state index in [0.29, 0.717) is 12.6 Å². The fourth-order valence-electron chi connectivity index (χ4n) is 4.33. The third-order valence-corrected chi connectivity index (χ3v) is 6.29. The highest BCUT2D eigenvalue weighted by atomic mass is 19.1. The van der Waals surface area contributed by atoms with Crippen LogP contribution < -0.4 is 10.6 Å². The molecule has 0 bridgehead atoms. The van der Waals surface area contributed by atoms with Gasteiger partial charge in [0.2, 0.25) is 0 Å². The van der Waals surface area contributed by atoms with Crippen molar-refractivity contribution >= 4 is 28.3 Å². The Bertz CT molecular complexity index is 1570. The first-order valence-corrected chi connectivity index (χ1v) is 12.5. The number of halogens is 2. The Balaban J connectivity index is 1.22. The van der Waals surface area contributed by atoms with Crippen LogP contribution in [0.4, 0.5) is 20.3 Å². The minimum Gasteiger partial charge on any atom is -0.352 e. The molecule has 0 radical (unpaired) electrons. The quantitative estimate of drug-likeness (QED) is 0.209. The SMILES string of the molecule is O=C(NCCCCc1cccc(-c2ccc3ncnc(Nc4ccccc4)c3c2)c1)c1ccc(F)cc1F. The Morgan fingerprint density at radius 1 is 0.789 bits per heavy atom. The van der Waals surface area contributed by atoms with Gasteiger partial charge in [-0.1, -0.05) is 48.5 Å². The zero-order chi connectivity index (χ0) is 26.3. The van der Waals surface area contributed by atoms with Crippen LogP contribution in [-0.4, -0.2) is 22.4 Å². The third-order valence-electron chi connectivity index (χ3n) is 6.29. The number of unbranched alkanes of at least 4 members (excludes halogenated alkanes) is 1. The molecule has 38 heavy (non-hydrogen) atoms. The molecule has 5 nitrogen and oxygen atoms in total. The molecule has 4 aromatic carbocycles. The van der Waals surface area contributed by atoms with Crippen LogP contribution in [0.3, 0.4) is 0 Å². The first-order valence-electron chi connectivity index (χ1n) is 12.5. The van der Waals surface area contributed by atoms with Gasteiger partial charge in [0.1, 0.15) is 23.8 Å². The van der Waals surface area contributed by atoms with E-state index in [1.807, 2.05) is 42.5 Å². The van der Waals surface area contributed by atoms with Crippen molar-refractivity contribution in [2.45, 2.75) is 19.3 Å². The van der Waals surface area contributed by atoms with Crippen molar-refractivity contribution < 1.29 is 13.6 Å². The molecule has 0 spiro atoms. The van der Waals surface area contributed by atoms with E-state index in [9.17, 15) is 13.6 Å². The lowest BCUT2D eigenvalue weighted by atomic mass is 9.99. The van der Waals surface area contributed by atoms with Gasteiger partial charge in [-0.2, -0.15) is 0 Å². The Labute approximate surface area is 219 Å². The van der Waals surface area contributed by atoms with Crippen molar-refractivity contribution in [1.29, 1.82) is 0 Å². The number of carbonyl (C=O) groups excluding carboxylic acids is 1. The Hall–Kier alpha value is -4.65. The summed E-state index contributed by atoms with van der Waals surface area (Å²) in [5.41, 5.74) is 5.02. The van der Waals surface area contributed by atoms with Crippen molar-refractivity contribution in [1.82, 2.24) is 15.3 Å². The van der Waals surface area contributed by atoms with Crippen LogP contribution in [0.5, 0.6) is 0 Å². The minimum atomic E-state index is -0.859.